The average molecular weight is 255 g/mol. The van der Waals surface area contributed by atoms with E-state index in [1.807, 2.05) is 12.1 Å². The summed E-state index contributed by atoms with van der Waals surface area (Å²) in [4.78, 5) is 38.5. The van der Waals surface area contributed by atoms with Crippen LogP contribution in [0.2, 0.25) is 0 Å². The molecule has 1 aromatic carbocycles. The van der Waals surface area contributed by atoms with Crippen LogP contribution < -0.4 is 0 Å². The molecule has 1 heterocycles. The molecular weight excluding hydrogens is 242 g/mol. The molecular formula is C15H13NO3. The van der Waals surface area contributed by atoms with Crippen LogP contribution in [0.15, 0.2) is 18.2 Å². The number of rotatable bonds is 0. The smallest absolute Gasteiger partial charge is 0.241 e. The number of ketones is 1. The summed E-state index contributed by atoms with van der Waals surface area (Å²) in [6.07, 6.45) is 2.35. The topological polar surface area (TPSA) is 54.5 Å². The molecule has 1 spiro atoms. The van der Waals surface area contributed by atoms with Gasteiger partial charge in [-0.3, -0.25) is 19.3 Å². The number of amides is 2. The van der Waals surface area contributed by atoms with Gasteiger partial charge in [0.05, 0.1) is 5.41 Å². The van der Waals surface area contributed by atoms with Crippen LogP contribution in [-0.4, -0.2) is 29.5 Å². The van der Waals surface area contributed by atoms with Gasteiger partial charge in [-0.15, -0.1) is 0 Å². The summed E-state index contributed by atoms with van der Waals surface area (Å²) in [6.45, 7) is 0. The van der Waals surface area contributed by atoms with E-state index in [4.69, 9.17) is 0 Å². The Balaban J connectivity index is 2.11. The molecule has 0 bridgehead atoms. The molecule has 2 amide bonds. The van der Waals surface area contributed by atoms with Crippen LogP contribution in [0.5, 0.6) is 0 Å². The number of likely N-dealkylation sites (tertiary alicyclic amines) is 1. The van der Waals surface area contributed by atoms with Crippen LogP contribution in [0.4, 0.5) is 0 Å². The summed E-state index contributed by atoms with van der Waals surface area (Å²) in [5, 5.41) is 0. The lowest BCUT2D eigenvalue weighted by Gasteiger charge is -2.32. The van der Waals surface area contributed by atoms with Crippen molar-refractivity contribution in [3.8, 4) is 0 Å². The van der Waals surface area contributed by atoms with E-state index in [2.05, 4.69) is 0 Å². The van der Waals surface area contributed by atoms with Crippen LogP contribution in [0.1, 0.15) is 34.3 Å². The first kappa shape index (κ1) is 10.9. The molecule has 19 heavy (non-hydrogen) atoms. The number of aryl methyl sites for hydroxylation is 1. The first-order chi connectivity index (χ1) is 9.09. The van der Waals surface area contributed by atoms with Crippen molar-refractivity contribution in [3.63, 3.8) is 0 Å². The monoisotopic (exact) mass is 255 g/mol. The Kier molecular flexibility index (Phi) is 1.80. The van der Waals surface area contributed by atoms with Crippen LogP contribution in [0.25, 0.3) is 0 Å². The van der Waals surface area contributed by atoms with Gasteiger partial charge in [0.25, 0.3) is 0 Å². The Morgan fingerprint density at radius 2 is 2.05 bits per heavy atom. The number of hydrogen-bond donors (Lipinski definition) is 0. The molecule has 2 atom stereocenters. The normalized spacial score (nSPS) is 31.7. The minimum Gasteiger partial charge on any atom is -0.293 e. The highest BCUT2D eigenvalue weighted by molar-refractivity contribution is 6.27. The molecule has 1 saturated heterocycles. The number of carbonyl (C=O) groups excluding carboxylic acids is 3. The molecule has 2 unspecified atom stereocenters. The van der Waals surface area contributed by atoms with E-state index in [1.54, 1.807) is 6.07 Å². The molecule has 4 heteroatoms. The Morgan fingerprint density at radius 3 is 2.84 bits per heavy atom. The summed E-state index contributed by atoms with van der Waals surface area (Å²) in [5.74, 6) is -1.50. The zero-order chi connectivity index (χ0) is 13.4. The molecule has 4 rings (SSSR count). The zero-order valence-corrected chi connectivity index (χ0v) is 10.6. The third kappa shape index (κ3) is 0.970. The Labute approximate surface area is 110 Å². The van der Waals surface area contributed by atoms with Gasteiger partial charge in [-0.05, 0) is 30.4 Å². The first-order valence-electron chi connectivity index (χ1n) is 6.57. The van der Waals surface area contributed by atoms with E-state index < -0.39 is 11.3 Å². The summed E-state index contributed by atoms with van der Waals surface area (Å²) >= 11 is 0. The highest BCUT2D eigenvalue weighted by Crippen LogP contribution is 2.55. The van der Waals surface area contributed by atoms with Crippen molar-refractivity contribution >= 4 is 17.6 Å². The highest BCUT2D eigenvalue weighted by Gasteiger charge is 2.67. The maximum Gasteiger partial charge on any atom is 0.241 e. The highest BCUT2D eigenvalue weighted by atomic mass is 16.2. The van der Waals surface area contributed by atoms with Gasteiger partial charge in [0.2, 0.25) is 11.8 Å². The van der Waals surface area contributed by atoms with Gasteiger partial charge in [0, 0.05) is 12.6 Å². The molecule has 1 aliphatic heterocycles. The van der Waals surface area contributed by atoms with E-state index in [1.165, 1.54) is 7.05 Å². The maximum absolute atomic E-state index is 12.6. The van der Waals surface area contributed by atoms with E-state index in [-0.39, 0.29) is 17.6 Å². The number of hydrogen-bond acceptors (Lipinski definition) is 3. The van der Waals surface area contributed by atoms with Crippen molar-refractivity contribution in [1.29, 1.82) is 0 Å². The molecule has 1 fully saturated rings. The third-order valence-corrected chi connectivity index (χ3v) is 4.90. The lowest BCUT2D eigenvalue weighted by Crippen LogP contribution is -2.41. The van der Waals surface area contributed by atoms with Crippen LogP contribution in [0.3, 0.4) is 0 Å². The van der Waals surface area contributed by atoms with Gasteiger partial charge in [-0.2, -0.15) is 0 Å². The van der Waals surface area contributed by atoms with Gasteiger partial charge in [-0.1, -0.05) is 18.2 Å². The minimum atomic E-state index is -0.882. The fraction of sp³-hybridized carbons (Fsp3) is 0.400. The maximum atomic E-state index is 12.6. The van der Waals surface area contributed by atoms with Crippen molar-refractivity contribution in [1.82, 2.24) is 4.90 Å². The average Bonchev–Trinajstić information content (AvgIpc) is 2.78. The molecule has 4 nitrogen and oxygen atoms in total. The number of carbonyl (C=O) groups is 3. The zero-order valence-electron chi connectivity index (χ0n) is 10.6. The third-order valence-electron chi connectivity index (χ3n) is 4.90. The molecule has 96 valence electrons. The lowest BCUT2D eigenvalue weighted by molar-refractivity contribution is -0.138. The first-order valence-corrected chi connectivity index (χ1v) is 6.57. The van der Waals surface area contributed by atoms with Gasteiger partial charge in [0.1, 0.15) is 5.92 Å². The van der Waals surface area contributed by atoms with Crippen LogP contribution in [0, 0.1) is 5.92 Å². The minimum absolute atomic E-state index is 0.165. The molecule has 3 aliphatic rings. The van der Waals surface area contributed by atoms with E-state index in [0.29, 0.717) is 12.0 Å². The standard InChI is InChI=1S/C15H13NO3/c1-16-13(18)11-12(17)9-6-2-4-8-5-3-7-15(11,10(8)9)14(16)19/h2,4,6,11H,3,5,7H2,1H3. The van der Waals surface area contributed by atoms with Gasteiger partial charge in [0.15, 0.2) is 5.78 Å². The number of imide groups is 1. The van der Waals surface area contributed by atoms with E-state index in [9.17, 15) is 14.4 Å². The summed E-state index contributed by atoms with van der Waals surface area (Å²) in [7, 11) is 1.49. The largest absolute Gasteiger partial charge is 0.293 e. The fourth-order valence-electron chi connectivity index (χ4n) is 4.14. The lowest BCUT2D eigenvalue weighted by atomic mass is 9.67. The Bertz CT molecular complexity index is 663. The number of Topliss-reactive ketones (excluding diaryl/α,β-unsaturated/α-hetero) is 1. The summed E-state index contributed by atoms with van der Waals surface area (Å²) in [5.41, 5.74) is 1.62. The predicted molar refractivity (Wildman–Crippen MR) is 66.7 cm³/mol. The second kappa shape index (κ2) is 3.13. The second-order valence-corrected chi connectivity index (χ2v) is 5.66. The molecule has 2 aliphatic carbocycles. The quantitative estimate of drug-likeness (QED) is 0.515. The molecule has 0 saturated carbocycles. The number of benzene rings is 1. The van der Waals surface area contributed by atoms with Crippen LogP contribution >= 0.6 is 0 Å². The molecule has 0 aromatic heterocycles. The molecule has 0 radical (unpaired) electrons. The van der Waals surface area contributed by atoms with Crippen molar-refractivity contribution in [2.24, 2.45) is 5.92 Å². The van der Waals surface area contributed by atoms with Crippen molar-refractivity contribution in [3.05, 3.63) is 34.9 Å². The fourth-order valence-corrected chi connectivity index (χ4v) is 4.14. The van der Waals surface area contributed by atoms with Crippen LogP contribution in [-0.2, 0) is 21.4 Å². The number of nitrogens with zero attached hydrogens (tertiary/aromatic N) is 1. The van der Waals surface area contributed by atoms with Crippen molar-refractivity contribution in [2.75, 3.05) is 7.05 Å². The molecule has 1 aromatic rings. The van der Waals surface area contributed by atoms with Crippen molar-refractivity contribution < 1.29 is 14.4 Å². The summed E-state index contributed by atoms with van der Waals surface area (Å²) < 4.78 is 0. The van der Waals surface area contributed by atoms with Gasteiger partial charge in [-0.25, -0.2) is 0 Å². The van der Waals surface area contributed by atoms with Crippen molar-refractivity contribution in [2.45, 2.75) is 24.7 Å². The Morgan fingerprint density at radius 1 is 1.26 bits per heavy atom. The number of likely N-dealkylation sites (N-methyl/N-ethyl adjacent to an activating group) is 1. The predicted octanol–water partition coefficient (Wildman–Crippen LogP) is 1.07. The molecule has 0 N–H and O–H groups in total. The van der Waals surface area contributed by atoms with E-state index in [0.717, 1.165) is 28.9 Å². The second-order valence-electron chi connectivity index (χ2n) is 5.66. The van der Waals surface area contributed by atoms with E-state index >= 15 is 0 Å². The van der Waals surface area contributed by atoms with Gasteiger partial charge < -0.3 is 0 Å². The Hall–Kier alpha value is -1.97. The SMILES string of the molecule is CN1C(=O)C2C(=O)c3cccc4c3C2(CCC4)C1=O. The van der Waals surface area contributed by atoms with Gasteiger partial charge >= 0.3 is 0 Å². The summed E-state index contributed by atoms with van der Waals surface area (Å²) in [6, 6.07) is 5.59.